The van der Waals surface area contributed by atoms with Crippen molar-refractivity contribution >= 4 is 17.4 Å². The maximum atomic E-state index is 12.7. The van der Waals surface area contributed by atoms with Gasteiger partial charge in [0.1, 0.15) is 11.6 Å². The number of carbonyl (C=O) groups is 1. The van der Waals surface area contributed by atoms with E-state index in [0.29, 0.717) is 11.4 Å². The predicted octanol–water partition coefficient (Wildman–Crippen LogP) is 3.87. The molecule has 0 aliphatic heterocycles. The Bertz CT molecular complexity index is 657. The zero-order valence-corrected chi connectivity index (χ0v) is 11.4. The molecular weight excluding hydrogens is 318 g/mol. The van der Waals surface area contributed by atoms with E-state index in [-0.39, 0.29) is 5.75 Å². The van der Waals surface area contributed by atoms with Crippen molar-refractivity contribution in [1.29, 1.82) is 0 Å². The van der Waals surface area contributed by atoms with E-state index in [1.54, 1.807) is 0 Å². The molecular formula is C14H11F4N3O2. The highest BCUT2D eigenvalue weighted by Gasteiger charge is 2.30. The third kappa shape index (κ3) is 5.73. The normalized spacial score (nSPS) is 10.8. The second-order valence-corrected chi connectivity index (χ2v) is 4.28. The summed E-state index contributed by atoms with van der Waals surface area (Å²) < 4.78 is 52.4. The number of hydrogen-bond donors (Lipinski definition) is 3. The number of amides is 2. The minimum Gasteiger partial charge on any atom is -0.406 e. The van der Waals surface area contributed by atoms with Gasteiger partial charge in [-0.2, -0.15) is 0 Å². The first-order chi connectivity index (χ1) is 10.8. The molecule has 0 spiro atoms. The molecule has 0 aromatic heterocycles. The van der Waals surface area contributed by atoms with Crippen LogP contribution in [0.4, 0.5) is 33.7 Å². The molecule has 0 saturated carbocycles. The Balaban J connectivity index is 1.83. The molecule has 2 aromatic rings. The highest BCUT2D eigenvalue weighted by atomic mass is 19.4. The van der Waals surface area contributed by atoms with Crippen LogP contribution in [-0.2, 0) is 0 Å². The van der Waals surface area contributed by atoms with Crippen LogP contribution < -0.4 is 20.9 Å². The molecule has 0 fully saturated rings. The van der Waals surface area contributed by atoms with E-state index in [0.717, 1.165) is 12.1 Å². The van der Waals surface area contributed by atoms with Crippen molar-refractivity contribution in [1.82, 2.24) is 5.43 Å². The van der Waals surface area contributed by atoms with Gasteiger partial charge in [0, 0.05) is 5.69 Å². The average molecular weight is 329 g/mol. The average Bonchev–Trinajstić information content (AvgIpc) is 2.47. The lowest BCUT2D eigenvalue weighted by atomic mass is 10.3. The van der Waals surface area contributed by atoms with Crippen molar-refractivity contribution in [3.63, 3.8) is 0 Å². The van der Waals surface area contributed by atoms with Crippen LogP contribution in [0.15, 0.2) is 48.5 Å². The van der Waals surface area contributed by atoms with Gasteiger partial charge in [0.05, 0.1) is 5.69 Å². The summed E-state index contributed by atoms with van der Waals surface area (Å²) in [6.45, 7) is 0. The topological polar surface area (TPSA) is 62.4 Å². The Morgan fingerprint density at radius 2 is 1.48 bits per heavy atom. The molecule has 0 bridgehead atoms. The molecule has 0 saturated heterocycles. The van der Waals surface area contributed by atoms with Gasteiger partial charge in [-0.3, -0.25) is 10.9 Å². The van der Waals surface area contributed by atoms with E-state index >= 15 is 0 Å². The first-order valence-corrected chi connectivity index (χ1v) is 6.26. The van der Waals surface area contributed by atoms with Crippen LogP contribution in [0, 0.1) is 5.82 Å². The zero-order valence-electron chi connectivity index (χ0n) is 11.4. The fourth-order valence-electron chi connectivity index (χ4n) is 1.56. The summed E-state index contributed by atoms with van der Waals surface area (Å²) in [7, 11) is 0. The molecule has 3 N–H and O–H groups in total. The zero-order chi connectivity index (χ0) is 16.9. The van der Waals surface area contributed by atoms with Crippen molar-refractivity contribution in [3.05, 3.63) is 54.3 Å². The van der Waals surface area contributed by atoms with E-state index in [4.69, 9.17) is 0 Å². The van der Waals surface area contributed by atoms with Gasteiger partial charge in [-0.1, -0.05) is 0 Å². The number of alkyl halides is 3. The van der Waals surface area contributed by atoms with Crippen LogP contribution in [0.3, 0.4) is 0 Å². The van der Waals surface area contributed by atoms with Crippen molar-refractivity contribution < 1.29 is 27.1 Å². The largest absolute Gasteiger partial charge is 0.573 e. The summed E-state index contributed by atoms with van der Waals surface area (Å²) in [6, 6.07) is 9.25. The van der Waals surface area contributed by atoms with Gasteiger partial charge >= 0.3 is 12.4 Å². The van der Waals surface area contributed by atoms with E-state index < -0.39 is 18.2 Å². The lowest BCUT2D eigenvalue weighted by Gasteiger charge is -2.11. The highest BCUT2D eigenvalue weighted by Crippen LogP contribution is 2.23. The van der Waals surface area contributed by atoms with Crippen LogP contribution >= 0.6 is 0 Å². The third-order valence-electron chi connectivity index (χ3n) is 2.51. The fraction of sp³-hybridized carbons (Fsp3) is 0.0714. The summed E-state index contributed by atoms with van der Waals surface area (Å²) in [5, 5.41) is 2.43. The Hall–Kier alpha value is -2.97. The Morgan fingerprint density at radius 1 is 0.913 bits per heavy atom. The maximum Gasteiger partial charge on any atom is 0.573 e. The molecule has 122 valence electrons. The van der Waals surface area contributed by atoms with Gasteiger partial charge in [-0.25, -0.2) is 9.18 Å². The van der Waals surface area contributed by atoms with Gasteiger partial charge in [0.15, 0.2) is 0 Å². The minimum atomic E-state index is -4.76. The summed E-state index contributed by atoms with van der Waals surface area (Å²) in [6.07, 6.45) is -4.76. The van der Waals surface area contributed by atoms with Crippen LogP contribution in [-0.4, -0.2) is 12.4 Å². The van der Waals surface area contributed by atoms with Crippen LogP contribution in [0.2, 0.25) is 0 Å². The van der Waals surface area contributed by atoms with Gasteiger partial charge < -0.3 is 10.1 Å². The quantitative estimate of drug-likeness (QED) is 0.589. The van der Waals surface area contributed by atoms with E-state index in [2.05, 4.69) is 20.9 Å². The van der Waals surface area contributed by atoms with E-state index in [1.807, 2.05) is 0 Å². The van der Waals surface area contributed by atoms with E-state index in [1.165, 1.54) is 36.4 Å². The lowest BCUT2D eigenvalue weighted by molar-refractivity contribution is -0.274. The number of benzene rings is 2. The predicted molar refractivity (Wildman–Crippen MR) is 75.3 cm³/mol. The summed E-state index contributed by atoms with van der Waals surface area (Å²) in [4.78, 5) is 11.6. The number of hydrazine groups is 1. The number of rotatable bonds is 4. The molecule has 23 heavy (non-hydrogen) atoms. The first-order valence-electron chi connectivity index (χ1n) is 6.26. The monoisotopic (exact) mass is 329 g/mol. The second-order valence-electron chi connectivity index (χ2n) is 4.28. The standard InChI is InChI=1S/C14H11F4N3O2/c15-9-1-3-10(4-2-9)19-13(22)21-20-11-5-7-12(8-6-11)23-14(16,17)18/h1-8,20H,(H2,19,21,22). The lowest BCUT2D eigenvalue weighted by Crippen LogP contribution is -2.33. The highest BCUT2D eigenvalue weighted by molar-refractivity contribution is 5.89. The molecule has 0 unspecified atom stereocenters. The number of carbonyl (C=O) groups excluding carboxylic acids is 1. The van der Waals surface area contributed by atoms with Crippen LogP contribution in [0.5, 0.6) is 5.75 Å². The third-order valence-corrected chi connectivity index (χ3v) is 2.51. The van der Waals surface area contributed by atoms with Gasteiger partial charge in [0.25, 0.3) is 0 Å². The summed E-state index contributed by atoms with van der Waals surface area (Å²) >= 11 is 0. The Kier molecular flexibility index (Phi) is 4.89. The summed E-state index contributed by atoms with van der Waals surface area (Å²) in [5.41, 5.74) is 5.48. The van der Waals surface area contributed by atoms with Crippen LogP contribution in [0.25, 0.3) is 0 Å². The smallest absolute Gasteiger partial charge is 0.406 e. The molecule has 0 radical (unpaired) electrons. The molecule has 0 aliphatic rings. The van der Waals surface area contributed by atoms with Crippen molar-refractivity contribution in [2.45, 2.75) is 6.36 Å². The Morgan fingerprint density at radius 3 is 2.04 bits per heavy atom. The van der Waals surface area contributed by atoms with Crippen molar-refractivity contribution in [2.75, 3.05) is 10.7 Å². The molecule has 9 heteroatoms. The van der Waals surface area contributed by atoms with Crippen molar-refractivity contribution in [2.24, 2.45) is 0 Å². The molecule has 0 atom stereocenters. The van der Waals surface area contributed by atoms with Gasteiger partial charge in [-0.05, 0) is 48.5 Å². The van der Waals surface area contributed by atoms with Crippen molar-refractivity contribution in [3.8, 4) is 5.75 Å². The second kappa shape index (κ2) is 6.86. The molecule has 2 aromatic carbocycles. The number of ether oxygens (including phenoxy) is 1. The molecule has 0 aliphatic carbocycles. The van der Waals surface area contributed by atoms with Gasteiger partial charge in [0.2, 0.25) is 0 Å². The summed E-state index contributed by atoms with van der Waals surface area (Å²) in [5.74, 6) is -0.811. The molecule has 5 nitrogen and oxygen atoms in total. The molecule has 2 rings (SSSR count). The number of anilines is 2. The number of nitrogens with one attached hydrogen (secondary N) is 3. The first kappa shape index (κ1) is 16.4. The number of halogens is 4. The minimum absolute atomic E-state index is 0.341. The SMILES string of the molecule is O=C(NNc1ccc(OC(F)(F)F)cc1)Nc1ccc(F)cc1. The number of hydrogen-bond acceptors (Lipinski definition) is 3. The fourth-order valence-corrected chi connectivity index (χ4v) is 1.56. The Labute approximate surface area is 128 Å². The maximum absolute atomic E-state index is 12.7. The van der Waals surface area contributed by atoms with Crippen LogP contribution in [0.1, 0.15) is 0 Å². The number of urea groups is 1. The molecule has 0 heterocycles. The molecule has 2 amide bonds. The van der Waals surface area contributed by atoms with Gasteiger partial charge in [-0.15, -0.1) is 13.2 Å². The van der Waals surface area contributed by atoms with E-state index in [9.17, 15) is 22.4 Å².